The van der Waals surface area contributed by atoms with Crippen LogP contribution in [-0.2, 0) is 6.54 Å². The molecular weight excluding hydrogens is 265 g/mol. The number of nitrogens with zero attached hydrogens (tertiary/aromatic N) is 1. The molecule has 3 heteroatoms. The lowest BCUT2D eigenvalue weighted by Crippen LogP contribution is -2.31. The summed E-state index contributed by atoms with van der Waals surface area (Å²) in [5.74, 6) is 0.0899. The van der Waals surface area contributed by atoms with Gasteiger partial charge in [-0.1, -0.05) is 18.2 Å². The van der Waals surface area contributed by atoms with Crippen molar-refractivity contribution in [3.63, 3.8) is 0 Å². The second kappa shape index (κ2) is 4.71. The Kier molecular flexibility index (Phi) is 2.82. The number of hydrogen-bond donors (Lipinski definition) is 0. The maximum Gasteiger partial charge on any atom is 0.134 e. The van der Waals surface area contributed by atoms with Crippen molar-refractivity contribution in [2.24, 2.45) is 0 Å². The van der Waals surface area contributed by atoms with Gasteiger partial charge in [-0.25, -0.2) is 4.39 Å². The quantitative estimate of drug-likeness (QED) is 0.666. The molecule has 1 aliphatic rings. The highest BCUT2D eigenvalue weighted by Gasteiger charge is 2.26. The van der Waals surface area contributed by atoms with Gasteiger partial charge in [-0.2, -0.15) is 0 Å². The third-order valence-electron chi connectivity index (χ3n) is 4.35. The molecule has 2 heterocycles. The van der Waals surface area contributed by atoms with Gasteiger partial charge in [0.15, 0.2) is 0 Å². The summed E-state index contributed by atoms with van der Waals surface area (Å²) in [4.78, 5) is 2.31. The highest BCUT2D eigenvalue weighted by molar-refractivity contribution is 5.83. The number of halogens is 1. The number of fused-ring (bicyclic) bond motifs is 3. The summed E-state index contributed by atoms with van der Waals surface area (Å²) >= 11 is 0. The molecule has 1 atom stereocenters. The Morgan fingerprint density at radius 2 is 1.90 bits per heavy atom. The molecular formula is C18H16FNO. The molecule has 1 aliphatic heterocycles. The highest BCUT2D eigenvalue weighted by atomic mass is 19.1. The predicted octanol–water partition coefficient (Wildman–Crippen LogP) is 4.15. The molecule has 0 saturated heterocycles. The molecule has 0 spiro atoms. The van der Waals surface area contributed by atoms with E-state index in [-0.39, 0.29) is 11.7 Å². The zero-order valence-corrected chi connectivity index (χ0v) is 11.8. The second-order valence-corrected chi connectivity index (χ2v) is 5.77. The van der Waals surface area contributed by atoms with Gasteiger partial charge in [-0.05, 0) is 48.0 Å². The number of benzene rings is 2. The molecule has 4 rings (SSSR count). The SMILES string of the molecule is CN1Cc2c(ccc3occc23)C(c2ccc(F)cc2)C1. The fraction of sp³-hybridized carbons (Fsp3) is 0.222. The number of likely N-dealkylation sites (N-methyl/N-ethyl adjacent to an activating group) is 1. The van der Waals surface area contributed by atoms with E-state index in [2.05, 4.69) is 18.0 Å². The largest absolute Gasteiger partial charge is 0.464 e. The molecule has 0 fully saturated rings. The minimum Gasteiger partial charge on any atom is -0.464 e. The standard InChI is InChI=1S/C18H16FNO/c1-20-10-16(12-2-4-13(19)5-3-12)14-6-7-18-15(8-9-21-18)17(14)11-20/h2-9,16H,10-11H2,1H3. The van der Waals surface area contributed by atoms with Crippen LogP contribution in [0.3, 0.4) is 0 Å². The van der Waals surface area contributed by atoms with E-state index in [0.717, 1.165) is 24.2 Å². The van der Waals surface area contributed by atoms with Crippen molar-refractivity contribution >= 4 is 11.0 Å². The van der Waals surface area contributed by atoms with E-state index in [1.165, 1.54) is 16.5 Å². The molecule has 106 valence electrons. The molecule has 0 aliphatic carbocycles. The van der Waals surface area contributed by atoms with E-state index >= 15 is 0 Å². The molecule has 0 saturated carbocycles. The van der Waals surface area contributed by atoms with Crippen LogP contribution in [0.25, 0.3) is 11.0 Å². The Hall–Kier alpha value is -2.13. The first-order valence-corrected chi connectivity index (χ1v) is 7.15. The molecule has 3 aromatic rings. The van der Waals surface area contributed by atoms with Crippen LogP contribution in [0.5, 0.6) is 0 Å². The zero-order chi connectivity index (χ0) is 14.4. The highest BCUT2D eigenvalue weighted by Crippen LogP contribution is 2.37. The van der Waals surface area contributed by atoms with Gasteiger partial charge < -0.3 is 9.32 Å². The summed E-state index contributed by atoms with van der Waals surface area (Å²) in [5, 5.41) is 1.19. The van der Waals surface area contributed by atoms with Crippen molar-refractivity contribution in [1.29, 1.82) is 0 Å². The van der Waals surface area contributed by atoms with Crippen LogP contribution in [0.2, 0.25) is 0 Å². The first-order valence-electron chi connectivity index (χ1n) is 7.15. The Bertz CT molecular complexity index is 791. The summed E-state index contributed by atoms with van der Waals surface area (Å²) in [6.45, 7) is 1.87. The smallest absolute Gasteiger partial charge is 0.134 e. The monoisotopic (exact) mass is 281 g/mol. The zero-order valence-electron chi connectivity index (χ0n) is 11.8. The van der Waals surface area contributed by atoms with Crippen LogP contribution in [0.1, 0.15) is 22.6 Å². The fourth-order valence-corrected chi connectivity index (χ4v) is 3.35. The van der Waals surface area contributed by atoms with Crippen LogP contribution in [0, 0.1) is 5.82 Å². The lowest BCUT2D eigenvalue weighted by atomic mass is 9.83. The van der Waals surface area contributed by atoms with E-state index in [4.69, 9.17) is 4.42 Å². The molecule has 21 heavy (non-hydrogen) atoms. The Morgan fingerprint density at radius 1 is 1.10 bits per heavy atom. The van der Waals surface area contributed by atoms with Crippen molar-refractivity contribution in [3.8, 4) is 0 Å². The van der Waals surface area contributed by atoms with E-state index in [9.17, 15) is 4.39 Å². The normalized spacial score (nSPS) is 18.9. The summed E-state index contributed by atoms with van der Waals surface area (Å²) in [6.07, 6.45) is 1.74. The van der Waals surface area contributed by atoms with Crippen LogP contribution in [-0.4, -0.2) is 18.5 Å². The van der Waals surface area contributed by atoms with Crippen molar-refractivity contribution in [2.75, 3.05) is 13.6 Å². The molecule has 1 unspecified atom stereocenters. The van der Waals surface area contributed by atoms with E-state index < -0.39 is 0 Å². The van der Waals surface area contributed by atoms with E-state index in [1.54, 1.807) is 18.4 Å². The van der Waals surface area contributed by atoms with Crippen molar-refractivity contribution in [2.45, 2.75) is 12.5 Å². The average molecular weight is 281 g/mol. The molecule has 0 radical (unpaired) electrons. The second-order valence-electron chi connectivity index (χ2n) is 5.77. The van der Waals surface area contributed by atoms with Crippen LogP contribution >= 0.6 is 0 Å². The first-order chi connectivity index (χ1) is 10.2. The number of rotatable bonds is 1. The van der Waals surface area contributed by atoms with Gasteiger partial charge in [0, 0.05) is 24.4 Å². The van der Waals surface area contributed by atoms with Crippen LogP contribution in [0.15, 0.2) is 53.1 Å². The predicted molar refractivity (Wildman–Crippen MR) is 80.8 cm³/mol. The van der Waals surface area contributed by atoms with Crippen molar-refractivity contribution < 1.29 is 8.81 Å². The molecule has 2 nitrogen and oxygen atoms in total. The minimum atomic E-state index is -0.187. The average Bonchev–Trinajstić information content (AvgIpc) is 2.96. The molecule has 1 aromatic heterocycles. The minimum absolute atomic E-state index is 0.187. The summed E-state index contributed by atoms with van der Waals surface area (Å²) < 4.78 is 18.7. The molecule has 0 bridgehead atoms. The maximum atomic E-state index is 13.2. The van der Waals surface area contributed by atoms with Crippen molar-refractivity contribution in [3.05, 3.63) is 71.2 Å². The van der Waals surface area contributed by atoms with Gasteiger partial charge in [0.05, 0.1) is 6.26 Å². The van der Waals surface area contributed by atoms with Gasteiger partial charge in [0.1, 0.15) is 11.4 Å². The summed E-state index contributed by atoms with van der Waals surface area (Å²) in [5.41, 5.74) is 4.74. The lowest BCUT2D eigenvalue weighted by Gasteiger charge is -2.33. The van der Waals surface area contributed by atoms with Gasteiger partial charge >= 0.3 is 0 Å². The molecule has 0 N–H and O–H groups in total. The first kappa shape index (κ1) is 12.6. The molecule has 0 amide bonds. The number of furan rings is 1. The van der Waals surface area contributed by atoms with Crippen LogP contribution in [0.4, 0.5) is 4.39 Å². The number of hydrogen-bond acceptors (Lipinski definition) is 2. The van der Waals surface area contributed by atoms with Gasteiger partial charge in [-0.15, -0.1) is 0 Å². The Labute approximate surface area is 122 Å². The third-order valence-corrected chi connectivity index (χ3v) is 4.35. The third kappa shape index (κ3) is 2.05. The summed E-state index contributed by atoms with van der Waals surface area (Å²) in [7, 11) is 2.12. The Balaban J connectivity index is 1.89. The van der Waals surface area contributed by atoms with E-state index in [0.29, 0.717) is 0 Å². The summed E-state index contributed by atoms with van der Waals surface area (Å²) in [6, 6.07) is 13.1. The lowest BCUT2D eigenvalue weighted by molar-refractivity contribution is 0.296. The molecule has 2 aromatic carbocycles. The maximum absolute atomic E-state index is 13.2. The Morgan fingerprint density at radius 3 is 2.71 bits per heavy atom. The van der Waals surface area contributed by atoms with Gasteiger partial charge in [0.2, 0.25) is 0 Å². The van der Waals surface area contributed by atoms with Gasteiger partial charge in [-0.3, -0.25) is 0 Å². The topological polar surface area (TPSA) is 16.4 Å². The van der Waals surface area contributed by atoms with E-state index in [1.807, 2.05) is 24.3 Å². The van der Waals surface area contributed by atoms with Crippen molar-refractivity contribution in [1.82, 2.24) is 4.90 Å². The van der Waals surface area contributed by atoms with Gasteiger partial charge in [0.25, 0.3) is 0 Å². The fourth-order valence-electron chi connectivity index (χ4n) is 3.35. The van der Waals surface area contributed by atoms with Crippen LogP contribution < -0.4 is 0 Å².